The van der Waals surface area contributed by atoms with Gasteiger partial charge in [-0.25, -0.2) is 0 Å². The van der Waals surface area contributed by atoms with E-state index in [1.54, 1.807) is 0 Å². The van der Waals surface area contributed by atoms with Crippen molar-refractivity contribution < 1.29 is 0 Å². The molecule has 0 atom stereocenters. The lowest BCUT2D eigenvalue weighted by atomic mass is 10.4. The first kappa shape index (κ1) is 29.3. The van der Waals surface area contributed by atoms with Crippen LogP contribution in [0.3, 0.4) is 0 Å². The fourth-order valence-electron chi connectivity index (χ4n) is 5.46. The van der Waals surface area contributed by atoms with Gasteiger partial charge in [0.05, 0.1) is 0 Å². The van der Waals surface area contributed by atoms with Gasteiger partial charge in [0.15, 0.2) is 0 Å². The average Bonchev–Trinajstić information content (AvgIpc) is 3.12. The normalized spacial score (nSPS) is 11.3. The number of aromatic nitrogens is 3. The molecule has 0 aliphatic rings. The van der Waals surface area contributed by atoms with Gasteiger partial charge >= 0.3 is 0 Å². The molecule has 0 aliphatic heterocycles. The Balaban J connectivity index is 1.60. The van der Waals surface area contributed by atoms with E-state index in [4.69, 9.17) is 10.2 Å². The van der Waals surface area contributed by atoms with E-state index >= 15 is 0 Å². The van der Waals surface area contributed by atoms with E-state index in [0.29, 0.717) is 0 Å². The SMILES string of the molecule is c1ccc(P(c2ccccc2)c2nnnc(P(c3ccccc3)c3ccccc3)c2P(c2ccccc2)c2ccccc2)cc1. The summed E-state index contributed by atoms with van der Waals surface area (Å²) in [5, 5.41) is 23.4. The number of nitrogens with zero attached hydrogens (tertiary/aromatic N) is 3. The second-order valence-corrected chi connectivity index (χ2v) is 16.7. The van der Waals surface area contributed by atoms with Crippen LogP contribution in [-0.4, -0.2) is 15.4 Å². The quantitative estimate of drug-likeness (QED) is 0.207. The lowest BCUT2D eigenvalue weighted by molar-refractivity contribution is 0.906. The average molecular weight is 634 g/mol. The molecule has 0 aliphatic carbocycles. The first-order valence-corrected chi connectivity index (χ1v) is 18.8. The molecule has 0 spiro atoms. The van der Waals surface area contributed by atoms with Crippen molar-refractivity contribution in [1.29, 1.82) is 0 Å². The molecule has 7 rings (SSSR count). The molecule has 0 saturated carbocycles. The highest BCUT2D eigenvalue weighted by molar-refractivity contribution is 7.88. The van der Waals surface area contributed by atoms with Crippen LogP contribution in [0.5, 0.6) is 0 Å². The van der Waals surface area contributed by atoms with Crippen LogP contribution in [0.1, 0.15) is 0 Å². The van der Waals surface area contributed by atoms with Crippen molar-refractivity contribution in [3.8, 4) is 0 Å². The molecular weight excluding hydrogens is 603 g/mol. The van der Waals surface area contributed by atoms with Gasteiger partial charge in [0.2, 0.25) is 0 Å². The topological polar surface area (TPSA) is 38.7 Å². The second kappa shape index (κ2) is 14.2. The Kier molecular flexibility index (Phi) is 9.23. The molecule has 6 aromatic carbocycles. The zero-order chi connectivity index (χ0) is 30.3. The maximum absolute atomic E-state index is 5.03. The van der Waals surface area contributed by atoms with Crippen molar-refractivity contribution in [3.63, 3.8) is 0 Å². The molecule has 0 fully saturated rings. The third-order valence-electron chi connectivity index (χ3n) is 7.44. The molecule has 3 nitrogen and oxygen atoms in total. The molecule has 1 heterocycles. The Labute approximate surface area is 268 Å². The first-order chi connectivity index (χ1) is 22.4. The van der Waals surface area contributed by atoms with Crippen LogP contribution in [0.4, 0.5) is 0 Å². The van der Waals surface area contributed by atoms with Crippen molar-refractivity contribution in [3.05, 3.63) is 182 Å². The van der Waals surface area contributed by atoms with Gasteiger partial charge in [-0.1, -0.05) is 182 Å². The van der Waals surface area contributed by atoms with Gasteiger partial charge in [-0.05, 0) is 45.0 Å². The Morgan fingerprint density at radius 1 is 0.267 bits per heavy atom. The van der Waals surface area contributed by atoms with Crippen LogP contribution in [-0.2, 0) is 0 Å². The summed E-state index contributed by atoms with van der Waals surface area (Å²) >= 11 is 0. The molecule has 0 unspecified atom stereocenters. The summed E-state index contributed by atoms with van der Waals surface area (Å²) < 4.78 is 0. The molecule has 0 N–H and O–H groups in total. The lowest BCUT2D eigenvalue weighted by Gasteiger charge is -2.29. The summed E-state index contributed by atoms with van der Waals surface area (Å²) in [6.45, 7) is 0. The van der Waals surface area contributed by atoms with Crippen molar-refractivity contribution in [1.82, 2.24) is 15.4 Å². The van der Waals surface area contributed by atoms with Gasteiger partial charge in [0.25, 0.3) is 0 Å². The Morgan fingerprint density at radius 2 is 0.489 bits per heavy atom. The molecule has 0 amide bonds. The highest BCUT2D eigenvalue weighted by atomic mass is 31.1. The van der Waals surface area contributed by atoms with E-state index in [1.165, 1.54) is 37.1 Å². The molecule has 0 radical (unpaired) electrons. The van der Waals surface area contributed by atoms with Gasteiger partial charge in [0.1, 0.15) is 10.9 Å². The fourth-order valence-corrected chi connectivity index (χ4v) is 13.3. The largest absolute Gasteiger partial charge is 0.129 e. The predicted molar refractivity (Wildman–Crippen MR) is 196 cm³/mol. The summed E-state index contributed by atoms with van der Waals surface area (Å²) in [7, 11) is -3.14. The van der Waals surface area contributed by atoms with E-state index in [9.17, 15) is 0 Å². The number of benzene rings is 6. The second-order valence-electron chi connectivity index (χ2n) is 10.3. The lowest BCUT2D eigenvalue weighted by Crippen LogP contribution is -2.47. The molecular formula is C39H30N3P3. The Bertz CT molecular complexity index is 1730. The molecule has 216 valence electrons. The maximum atomic E-state index is 5.03. The first-order valence-electron chi connectivity index (χ1n) is 14.8. The third kappa shape index (κ3) is 6.40. The molecule has 0 saturated heterocycles. The fraction of sp³-hybridized carbons (Fsp3) is 0. The molecule has 1 aromatic heterocycles. The smallest absolute Gasteiger partial charge is 0.107 e. The van der Waals surface area contributed by atoms with Gasteiger partial charge in [0, 0.05) is 21.1 Å². The predicted octanol–water partition coefficient (Wildman–Crippen LogP) is 5.15. The maximum Gasteiger partial charge on any atom is 0.107 e. The third-order valence-corrected chi connectivity index (χ3v) is 15.0. The van der Waals surface area contributed by atoms with Crippen LogP contribution in [0.25, 0.3) is 0 Å². The van der Waals surface area contributed by atoms with Crippen molar-refractivity contribution in [2.24, 2.45) is 0 Å². The summed E-state index contributed by atoms with van der Waals surface area (Å²) in [4.78, 5) is 0. The number of hydrogen-bond acceptors (Lipinski definition) is 3. The van der Waals surface area contributed by atoms with E-state index in [1.807, 2.05) is 0 Å². The van der Waals surface area contributed by atoms with Crippen LogP contribution >= 0.6 is 23.8 Å². The van der Waals surface area contributed by atoms with Gasteiger partial charge in [-0.15, -0.1) is 10.2 Å². The van der Waals surface area contributed by atoms with Crippen molar-refractivity contribution in [2.45, 2.75) is 0 Å². The number of rotatable bonds is 9. The standard InChI is InChI=1S/C39H30N3P3/c1-7-19-31(20-8-1)43(32-21-9-2-10-22-32)37-38(44(33-23-11-3-12-24-33)34-25-13-4-14-26-34)40-42-41-39(37)45(35-27-15-5-16-28-35)36-29-17-6-18-30-36/h1-30H. The Hall–Kier alpha value is -4.38. The van der Waals surface area contributed by atoms with E-state index in [0.717, 1.165) is 10.9 Å². The van der Waals surface area contributed by atoms with Crippen LogP contribution in [0, 0.1) is 0 Å². The summed E-state index contributed by atoms with van der Waals surface area (Å²) in [6, 6.07) is 65.0. The minimum atomic E-state index is -1.05. The zero-order valence-corrected chi connectivity index (χ0v) is 27.2. The summed E-state index contributed by atoms with van der Waals surface area (Å²) in [5.41, 5.74) is 2.04. The van der Waals surface area contributed by atoms with Crippen molar-refractivity contribution >= 4 is 71.8 Å². The van der Waals surface area contributed by atoms with Crippen LogP contribution in [0.15, 0.2) is 182 Å². The van der Waals surface area contributed by atoms with E-state index < -0.39 is 23.8 Å². The molecule has 45 heavy (non-hydrogen) atoms. The molecule has 7 aromatic rings. The molecule has 6 heteroatoms. The Morgan fingerprint density at radius 3 is 0.733 bits per heavy atom. The minimum Gasteiger partial charge on any atom is -0.129 e. The van der Waals surface area contributed by atoms with E-state index in [-0.39, 0.29) is 0 Å². The monoisotopic (exact) mass is 633 g/mol. The van der Waals surface area contributed by atoms with Crippen LogP contribution < -0.4 is 48.0 Å². The van der Waals surface area contributed by atoms with E-state index in [2.05, 4.69) is 187 Å². The van der Waals surface area contributed by atoms with Crippen LogP contribution in [0.2, 0.25) is 0 Å². The minimum absolute atomic E-state index is 1.02. The summed E-state index contributed by atoms with van der Waals surface area (Å²) in [6.07, 6.45) is 0. The zero-order valence-electron chi connectivity index (χ0n) is 24.5. The molecule has 0 bridgehead atoms. The highest BCUT2D eigenvalue weighted by Gasteiger charge is 2.34. The number of hydrogen-bond donors (Lipinski definition) is 0. The van der Waals surface area contributed by atoms with Gasteiger partial charge in [-0.3, -0.25) is 0 Å². The van der Waals surface area contributed by atoms with Gasteiger partial charge < -0.3 is 0 Å². The highest BCUT2D eigenvalue weighted by Crippen LogP contribution is 2.41. The van der Waals surface area contributed by atoms with Crippen molar-refractivity contribution in [2.75, 3.05) is 0 Å². The van der Waals surface area contributed by atoms with Gasteiger partial charge in [-0.2, -0.15) is 0 Å². The summed E-state index contributed by atoms with van der Waals surface area (Å²) in [5.74, 6) is 0.